The van der Waals surface area contributed by atoms with E-state index < -0.39 is 0 Å². The zero-order valence-corrected chi connectivity index (χ0v) is 31.9. The normalized spacial score (nSPS) is 13.1. The lowest BCUT2D eigenvalue weighted by molar-refractivity contribution is 0.0952. The number of hydrogen-bond acceptors (Lipinski definition) is 3. The van der Waals surface area contributed by atoms with Gasteiger partial charge in [0.05, 0.1) is 28.9 Å². The Morgan fingerprint density at radius 2 is 0.860 bits per heavy atom. The van der Waals surface area contributed by atoms with Gasteiger partial charge in [0.25, 0.3) is 0 Å². The van der Waals surface area contributed by atoms with Crippen LogP contribution in [0, 0.1) is 0 Å². The maximum atomic E-state index is 6.30. The molecule has 3 aromatic heterocycles. The van der Waals surface area contributed by atoms with Gasteiger partial charge < -0.3 is 14.7 Å². The number of H-pyrrole nitrogens is 2. The van der Waals surface area contributed by atoms with E-state index in [9.17, 15) is 0 Å². The first-order valence-corrected chi connectivity index (χ1v) is 20.3. The molecule has 5 rings (SSSR count). The number of rotatable bonds is 21. The van der Waals surface area contributed by atoms with Gasteiger partial charge in [-0.2, -0.15) is 0 Å². The topological polar surface area (TPSA) is 66.6 Å². The van der Waals surface area contributed by atoms with Gasteiger partial charge in [0.2, 0.25) is 0 Å². The van der Waals surface area contributed by atoms with Crippen LogP contribution in [0.5, 0.6) is 0 Å². The quantitative estimate of drug-likeness (QED) is 0.0760. The van der Waals surface area contributed by atoms with Crippen molar-refractivity contribution < 1.29 is 4.74 Å². The second kappa shape index (κ2) is 19.8. The van der Waals surface area contributed by atoms with Crippen LogP contribution in [0.4, 0.5) is 0 Å². The Balaban J connectivity index is 1.80. The molecule has 1 unspecified atom stereocenters. The van der Waals surface area contributed by atoms with E-state index in [0.717, 1.165) is 85.2 Å². The zero-order valence-electron chi connectivity index (χ0n) is 31.9. The highest BCUT2D eigenvalue weighted by Gasteiger charge is 2.19. The predicted molar refractivity (Wildman–Crippen MR) is 216 cm³/mol. The largest absolute Gasteiger partial charge is 0.377 e. The van der Waals surface area contributed by atoms with E-state index >= 15 is 0 Å². The molecule has 50 heavy (non-hydrogen) atoms. The van der Waals surface area contributed by atoms with Crippen LogP contribution in [0.25, 0.3) is 46.4 Å². The van der Waals surface area contributed by atoms with E-state index in [1.165, 1.54) is 104 Å². The fraction of sp³-hybridized carbons (Fsp3) is 0.556. The standard InChI is InChI=1S/C45H64N4O/c1-6-10-14-18-21-33-36-25-27-38(46-36)34(22-19-15-11-7-2)40-29-31-42(48-40)45(44(50-5)24-17-13-9-4)43-32-30-41(49-43)35(23-20-16-12-8-3)39-28-26-37(33)47-39/h25-32,44,48-49H,6-24H2,1-5H3. The summed E-state index contributed by atoms with van der Waals surface area (Å²) in [5, 5.41) is 0. The lowest BCUT2D eigenvalue weighted by Crippen LogP contribution is -2.03. The number of hydrogen-bond donors (Lipinski definition) is 2. The molecule has 5 nitrogen and oxygen atoms in total. The van der Waals surface area contributed by atoms with E-state index in [1.54, 1.807) is 0 Å². The van der Waals surface area contributed by atoms with Crippen molar-refractivity contribution in [3.05, 3.63) is 69.3 Å². The minimum absolute atomic E-state index is 0.0170. The van der Waals surface area contributed by atoms with E-state index in [-0.39, 0.29) is 6.10 Å². The molecule has 1 atom stereocenters. The van der Waals surface area contributed by atoms with E-state index in [0.29, 0.717) is 0 Å². The third-order valence-electron chi connectivity index (χ3n) is 10.6. The number of nitrogens with one attached hydrogen (secondary N) is 2. The van der Waals surface area contributed by atoms with Gasteiger partial charge >= 0.3 is 0 Å². The summed E-state index contributed by atoms with van der Waals surface area (Å²) >= 11 is 0. The lowest BCUT2D eigenvalue weighted by Gasteiger charge is -2.16. The van der Waals surface area contributed by atoms with E-state index in [1.807, 2.05) is 7.11 Å². The second-order valence-electron chi connectivity index (χ2n) is 14.5. The lowest BCUT2D eigenvalue weighted by atomic mass is 10.0. The van der Waals surface area contributed by atoms with Crippen LogP contribution in [0.3, 0.4) is 0 Å². The van der Waals surface area contributed by atoms with Crippen molar-refractivity contribution in [3.63, 3.8) is 0 Å². The molecule has 270 valence electrons. The van der Waals surface area contributed by atoms with E-state index in [2.05, 4.69) is 86.2 Å². The number of unbranched alkanes of at least 4 members (excludes halogenated alkanes) is 11. The summed E-state index contributed by atoms with van der Waals surface area (Å²) in [7, 11) is 1.87. The second-order valence-corrected chi connectivity index (χ2v) is 14.5. The van der Waals surface area contributed by atoms with Crippen molar-refractivity contribution in [2.75, 3.05) is 7.11 Å². The molecule has 0 amide bonds. The Morgan fingerprint density at radius 1 is 0.480 bits per heavy atom. The molecule has 8 bridgehead atoms. The minimum Gasteiger partial charge on any atom is -0.377 e. The maximum absolute atomic E-state index is 6.30. The van der Waals surface area contributed by atoms with Crippen LogP contribution in [0.2, 0.25) is 0 Å². The van der Waals surface area contributed by atoms with E-state index in [4.69, 9.17) is 14.7 Å². The van der Waals surface area contributed by atoms with Crippen molar-refractivity contribution in [2.24, 2.45) is 0 Å². The van der Waals surface area contributed by atoms with Crippen molar-refractivity contribution >= 4 is 46.4 Å². The van der Waals surface area contributed by atoms with Crippen LogP contribution < -0.4 is 0 Å². The highest BCUT2D eigenvalue weighted by Crippen LogP contribution is 2.33. The molecule has 0 fully saturated rings. The van der Waals surface area contributed by atoms with Gasteiger partial charge in [-0.05, 0) is 93.5 Å². The molecule has 0 aromatic carbocycles. The van der Waals surface area contributed by atoms with Crippen LogP contribution in [-0.4, -0.2) is 27.0 Å². The van der Waals surface area contributed by atoms with Gasteiger partial charge in [-0.1, -0.05) is 105 Å². The highest BCUT2D eigenvalue weighted by atomic mass is 16.5. The van der Waals surface area contributed by atoms with Crippen LogP contribution in [-0.2, 0) is 24.0 Å². The summed E-state index contributed by atoms with van der Waals surface area (Å²) in [4.78, 5) is 18.7. The SMILES string of the molecule is CCCCCCc1c2nc(c(CCCCCC)c3ccc([nH]3)c(C(CCCCC)OC)c3ccc([nH]3)c(CCCCCC)c3nc1C=C3)C=C2. The Labute approximate surface area is 302 Å². The number of ether oxygens (including phenoxy) is 1. The molecule has 2 N–H and O–H groups in total. The highest BCUT2D eigenvalue weighted by molar-refractivity contribution is 5.83. The van der Waals surface area contributed by atoms with Crippen LogP contribution >= 0.6 is 0 Å². The van der Waals surface area contributed by atoms with Crippen molar-refractivity contribution in [3.8, 4) is 0 Å². The summed E-state index contributed by atoms with van der Waals surface area (Å²) in [6, 6.07) is 9.11. The first-order chi connectivity index (χ1) is 24.6. The third kappa shape index (κ3) is 9.66. The molecule has 0 aliphatic carbocycles. The minimum atomic E-state index is -0.0170. The van der Waals surface area contributed by atoms with Gasteiger partial charge in [0, 0.05) is 51.4 Å². The fourth-order valence-corrected chi connectivity index (χ4v) is 7.68. The maximum Gasteiger partial charge on any atom is 0.0861 e. The number of methoxy groups -OCH3 is 1. The van der Waals surface area contributed by atoms with Gasteiger partial charge in [0.15, 0.2) is 0 Å². The average Bonchev–Trinajstić information content (AvgIpc) is 3.96. The Morgan fingerprint density at radius 3 is 1.28 bits per heavy atom. The van der Waals surface area contributed by atoms with Gasteiger partial charge in [-0.15, -0.1) is 0 Å². The summed E-state index contributed by atoms with van der Waals surface area (Å²) in [5.74, 6) is 0. The van der Waals surface area contributed by atoms with Crippen molar-refractivity contribution in [2.45, 2.75) is 156 Å². The summed E-state index contributed by atoms with van der Waals surface area (Å²) < 4.78 is 6.30. The number of nitrogens with zero attached hydrogens (tertiary/aromatic N) is 2. The molecule has 2 aliphatic heterocycles. The van der Waals surface area contributed by atoms with Gasteiger partial charge in [-0.25, -0.2) is 9.97 Å². The third-order valence-corrected chi connectivity index (χ3v) is 10.6. The van der Waals surface area contributed by atoms with Gasteiger partial charge in [-0.3, -0.25) is 0 Å². The molecule has 5 heteroatoms. The fourth-order valence-electron chi connectivity index (χ4n) is 7.68. The average molecular weight is 677 g/mol. The molecular weight excluding hydrogens is 613 g/mol. The summed E-state index contributed by atoms with van der Waals surface area (Å²) in [5.41, 5.74) is 14.0. The summed E-state index contributed by atoms with van der Waals surface area (Å²) in [6.07, 6.45) is 31.2. The van der Waals surface area contributed by atoms with Crippen molar-refractivity contribution in [1.82, 2.24) is 19.9 Å². The number of aromatic nitrogens is 4. The number of aromatic amines is 2. The first-order valence-electron chi connectivity index (χ1n) is 20.3. The molecule has 0 saturated carbocycles. The molecule has 0 saturated heterocycles. The molecule has 0 spiro atoms. The first kappa shape index (κ1) is 37.8. The Bertz CT molecular complexity index is 1630. The zero-order chi connectivity index (χ0) is 35.1. The number of aryl methyl sites for hydroxylation is 2. The van der Waals surface area contributed by atoms with Gasteiger partial charge in [0.1, 0.15) is 0 Å². The molecular formula is C45H64N4O. The molecule has 2 aliphatic rings. The smallest absolute Gasteiger partial charge is 0.0861 e. The van der Waals surface area contributed by atoms with Crippen LogP contribution in [0.15, 0.2) is 24.3 Å². The monoisotopic (exact) mass is 677 g/mol. The van der Waals surface area contributed by atoms with Crippen molar-refractivity contribution in [1.29, 1.82) is 0 Å². The molecule has 3 aromatic rings. The Hall–Kier alpha value is -3.44. The van der Waals surface area contributed by atoms with Crippen LogP contribution in [0.1, 0.15) is 182 Å². The molecule has 5 heterocycles. The Kier molecular flexibility index (Phi) is 15.0. The summed E-state index contributed by atoms with van der Waals surface area (Å²) in [6.45, 7) is 9.12. The predicted octanol–water partition coefficient (Wildman–Crippen LogP) is 13.3. The number of fused-ring (bicyclic) bond motifs is 8. The molecule has 0 radical (unpaired) electrons.